The zero-order chi connectivity index (χ0) is 18.7. The molecule has 1 aliphatic carbocycles. The van der Waals surface area contributed by atoms with Crippen LogP contribution in [0.25, 0.3) is 0 Å². The Labute approximate surface area is 155 Å². The third-order valence-corrected chi connectivity index (χ3v) is 6.00. The molecule has 1 heterocycles. The van der Waals surface area contributed by atoms with Gasteiger partial charge in [0.15, 0.2) is 0 Å². The molecule has 0 spiro atoms. The fourth-order valence-electron chi connectivity index (χ4n) is 3.49. The first-order valence-electron chi connectivity index (χ1n) is 8.63. The van der Waals surface area contributed by atoms with E-state index in [2.05, 4.69) is 5.32 Å². The van der Waals surface area contributed by atoms with Gasteiger partial charge in [-0.05, 0) is 43.9 Å². The van der Waals surface area contributed by atoms with E-state index in [1.54, 1.807) is 11.0 Å². The monoisotopic (exact) mass is 380 g/mol. The van der Waals surface area contributed by atoms with Gasteiger partial charge in [-0.2, -0.15) is 0 Å². The maximum atomic E-state index is 13.3. The van der Waals surface area contributed by atoms with Crippen LogP contribution >= 0.6 is 11.8 Å². The Kier molecular flexibility index (Phi) is 5.80. The number of carbonyl (C=O) groups excluding carboxylic acids is 2. The van der Waals surface area contributed by atoms with Crippen LogP contribution < -0.4 is 5.32 Å². The Balaban J connectivity index is 1.61. The summed E-state index contributed by atoms with van der Waals surface area (Å²) >= 11 is 1.51. The second-order valence-corrected chi connectivity index (χ2v) is 7.71. The van der Waals surface area contributed by atoms with Crippen LogP contribution in [0.2, 0.25) is 0 Å². The Morgan fingerprint density at radius 3 is 2.50 bits per heavy atom. The van der Waals surface area contributed by atoms with E-state index in [1.807, 2.05) is 0 Å². The second-order valence-electron chi connectivity index (χ2n) is 6.71. The van der Waals surface area contributed by atoms with Crippen molar-refractivity contribution in [3.05, 3.63) is 30.1 Å². The lowest BCUT2D eigenvalue weighted by Gasteiger charge is -2.31. The number of hydrogen-bond donors (Lipinski definition) is 2. The first-order chi connectivity index (χ1) is 12.5. The highest BCUT2D eigenvalue weighted by Crippen LogP contribution is 2.33. The first-order valence-corrected chi connectivity index (χ1v) is 9.78. The molecule has 1 aromatic rings. The van der Waals surface area contributed by atoms with E-state index in [-0.39, 0.29) is 23.7 Å². The Hall–Kier alpha value is -2.09. The molecule has 0 unspecified atom stereocenters. The highest BCUT2D eigenvalue weighted by molar-refractivity contribution is 7.99. The van der Waals surface area contributed by atoms with Crippen molar-refractivity contribution in [2.45, 2.75) is 31.7 Å². The minimum absolute atomic E-state index is 0.0850. The number of hydrogen-bond acceptors (Lipinski definition) is 4. The number of carbonyl (C=O) groups is 3. The number of nitrogens with one attached hydrogen (secondary N) is 1. The predicted molar refractivity (Wildman–Crippen MR) is 96.1 cm³/mol. The van der Waals surface area contributed by atoms with Crippen LogP contribution in [0, 0.1) is 17.7 Å². The van der Waals surface area contributed by atoms with E-state index in [9.17, 15) is 18.8 Å². The Morgan fingerprint density at radius 2 is 1.85 bits per heavy atom. The molecule has 26 heavy (non-hydrogen) atoms. The number of thioether (sulfide) groups is 1. The molecule has 3 rings (SSSR count). The van der Waals surface area contributed by atoms with Crippen molar-refractivity contribution in [2.75, 3.05) is 16.9 Å². The molecule has 1 saturated heterocycles. The highest BCUT2D eigenvalue weighted by Gasteiger charge is 2.39. The van der Waals surface area contributed by atoms with E-state index in [0.717, 1.165) is 0 Å². The summed E-state index contributed by atoms with van der Waals surface area (Å²) < 4.78 is 13.3. The summed E-state index contributed by atoms with van der Waals surface area (Å²) in [7, 11) is 0. The van der Waals surface area contributed by atoms with Crippen molar-refractivity contribution in [1.29, 1.82) is 0 Å². The molecular formula is C18H21FN2O4S. The summed E-state index contributed by atoms with van der Waals surface area (Å²) in [5, 5.41) is 11.7. The number of aliphatic carboxylic acids is 1. The number of benzene rings is 1. The number of rotatable bonds is 4. The average molecular weight is 380 g/mol. The predicted octanol–water partition coefficient (Wildman–Crippen LogP) is 2.56. The molecule has 2 fully saturated rings. The van der Waals surface area contributed by atoms with E-state index in [4.69, 9.17) is 5.11 Å². The molecule has 1 aromatic carbocycles. The summed E-state index contributed by atoms with van der Waals surface area (Å²) in [6.45, 7) is 0. The van der Waals surface area contributed by atoms with Gasteiger partial charge in [0, 0.05) is 17.4 Å². The van der Waals surface area contributed by atoms with Crippen LogP contribution in [0.15, 0.2) is 24.3 Å². The molecule has 0 radical (unpaired) electrons. The molecule has 6 nitrogen and oxygen atoms in total. The van der Waals surface area contributed by atoms with Crippen molar-refractivity contribution in [3.8, 4) is 0 Å². The van der Waals surface area contributed by atoms with Gasteiger partial charge in [0.2, 0.25) is 11.8 Å². The minimum Gasteiger partial charge on any atom is -0.481 e. The molecule has 0 aromatic heterocycles. The molecule has 0 bridgehead atoms. The van der Waals surface area contributed by atoms with Crippen molar-refractivity contribution in [3.63, 3.8) is 0 Å². The summed E-state index contributed by atoms with van der Waals surface area (Å²) in [6.07, 6.45) is 2.06. The van der Waals surface area contributed by atoms with Crippen LogP contribution in [0.5, 0.6) is 0 Å². The average Bonchev–Trinajstić information content (AvgIpc) is 3.11. The van der Waals surface area contributed by atoms with Gasteiger partial charge in [-0.3, -0.25) is 14.4 Å². The molecule has 2 N–H and O–H groups in total. The quantitative estimate of drug-likeness (QED) is 0.838. The maximum Gasteiger partial charge on any atom is 0.306 e. The molecule has 1 aliphatic heterocycles. The minimum atomic E-state index is -0.806. The number of carboxylic acid groups (broad SMARTS) is 1. The van der Waals surface area contributed by atoms with Crippen molar-refractivity contribution < 1.29 is 23.9 Å². The largest absolute Gasteiger partial charge is 0.481 e. The van der Waals surface area contributed by atoms with Crippen LogP contribution in [0.4, 0.5) is 10.1 Å². The lowest BCUT2D eigenvalue weighted by molar-refractivity contribution is -0.146. The first kappa shape index (κ1) is 18.7. The Morgan fingerprint density at radius 1 is 1.15 bits per heavy atom. The fraction of sp³-hybridized carbons (Fsp3) is 0.500. The van der Waals surface area contributed by atoms with Gasteiger partial charge in [0.05, 0.1) is 11.8 Å². The van der Waals surface area contributed by atoms with E-state index in [0.29, 0.717) is 43.0 Å². The fourth-order valence-corrected chi connectivity index (χ4v) is 4.65. The zero-order valence-electron chi connectivity index (χ0n) is 14.2. The van der Waals surface area contributed by atoms with Crippen LogP contribution in [0.3, 0.4) is 0 Å². The number of carboxylic acids is 1. The summed E-state index contributed by atoms with van der Waals surface area (Å²) in [6, 6.07) is 5.05. The zero-order valence-corrected chi connectivity index (χ0v) is 15.0. The van der Waals surface area contributed by atoms with Crippen molar-refractivity contribution in [2.24, 2.45) is 11.8 Å². The summed E-state index contributed by atoms with van der Waals surface area (Å²) in [5.41, 5.74) is 0.362. The molecule has 2 aliphatic rings. The number of anilines is 1. The SMILES string of the molecule is O=C(O)C1CCC(C(=O)N2CSC[C@H]2C(=O)Nc2cccc(F)c2)CC1. The van der Waals surface area contributed by atoms with Crippen LogP contribution in [0.1, 0.15) is 25.7 Å². The summed E-state index contributed by atoms with van der Waals surface area (Å²) in [4.78, 5) is 38.0. The van der Waals surface area contributed by atoms with Gasteiger partial charge in [-0.1, -0.05) is 6.07 Å². The lowest BCUT2D eigenvalue weighted by Crippen LogP contribution is -2.47. The molecule has 140 valence electrons. The maximum absolute atomic E-state index is 13.3. The van der Waals surface area contributed by atoms with E-state index < -0.39 is 17.8 Å². The van der Waals surface area contributed by atoms with E-state index in [1.165, 1.54) is 30.0 Å². The van der Waals surface area contributed by atoms with Crippen LogP contribution in [-0.4, -0.2) is 45.5 Å². The van der Waals surface area contributed by atoms with Gasteiger partial charge >= 0.3 is 5.97 Å². The molecule has 2 amide bonds. The second kappa shape index (κ2) is 8.07. The summed E-state index contributed by atoms with van der Waals surface area (Å²) in [5.74, 6) is -1.32. The van der Waals surface area contributed by atoms with Gasteiger partial charge < -0.3 is 15.3 Å². The third-order valence-electron chi connectivity index (χ3n) is 4.99. The van der Waals surface area contributed by atoms with Gasteiger partial charge in [0.1, 0.15) is 11.9 Å². The molecule has 1 atom stereocenters. The van der Waals surface area contributed by atoms with Crippen molar-refractivity contribution in [1.82, 2.24) is 4.90 Å². The standard InChI is InChI=1S/C18H21FN2O4S/c19-13-2-1-3-14(8-13)20-16(22)15-9-26-10-21(15)17(23)11-4-6-12(7-5-11)18(24)25/h1-3,8,11-12,15H,4-7,9-10H2,(H,20,22)(H,24,25)/t11?,12?,15-/m0/s1. The van der Waals surface area contributed by atoms with Crippen molar-refractivity contribution >= 4 is 35.2 Å². The smallest absolute Gasteiger partial charge is 0.306 e. The van der Waals surface area contributed by atoms with E-state index >= 15 is 0 Å². The molecule has 1 saturated carbocycles. The lowest BCUT2D eigenvalue weighted by atomic mass is 9.81. The third kappa shape index (κ3) is 4.17. The molecule has 8 heteroatoms. The Bertz CT molecular complexity index is 706. The number of amides is 2. The topological polar surface area (TPSA) is 86.7 Å². The number of halogens is 1. The normalized spacial score (nSPS) is 25.7. The van der Waals surface area contributed by atoms with Gasteiger partial charge in [-0.25, -0.2) is 4.39 Å². The molecular weight excluding hydrogens is 359 g/mol. The van der Waals surface area contributed by atoms with Gasteiger partial charge in [0.25, 0.3) is 0 Å². The van der Waals surface area contributed by atoms with Crippen LogP contribution in [-0.2, 0) is 14.4 Å². The highest BCUT2D eigenvalue weighted by atomic mass is 32.2. The number of nitrogens with zero attached hydrogens (tertiary/aromatic N) is 1. The van der Waals surface area contributed by atoms with Gasteiger partial charge in [-0.15, -0.1) is 11.8 Å².